The summed E-state index contributed by atoms with van der Waals surface area (Å²) in [6.45, 7) is 6.97. The molecule has 1 heterocycles. The summed E-state index contributed by atoms with van der Waals surface area (Å²) in [5.74, 6) is -0.332. The first kappa shape index (κ1) is 17.5. The fourth-order valence-electron chi connectivity index (χ4n) is 2.09. The number of amides is 1. The number of carbonyl (C=O) groups excluding carboxylic acids is 1. The summed E-state index contributed by atoms with van der Waals surface area (Å²) in [6.07, 6.45) is 0. The highest BCUT2D eigenvalue weighted by molar-refractivity contribution is 7.91. The third-order valence-corrected chi connectivity index (χ3v) is 5.90. The van der Waals surface area contributed by atoms with Gasteiger partial charge in [0.15, 0.2) is 0 Å². The fourth-order valence-corrected chi connectivity index (χ4v) is 4.28. The van der Waals surface area contributed by atoms with Crippen LogP contribution >= 0.6 is 11.3 Å². The summed E-state index contributed by atoms with van der Waals surface area (Å²) in [5, 5.41) is 9.85. The van der Waals surface area contributed by atoms with Crippen molar-refractivity contribution >= 4 is 32.4 Å². The number of rotatable bonds is 5. The van der Waals surface area contributed by atoms with Crippen LogP contribution in [0.4, 0.5) is 5.13 Å². The Morgan fingerprint density at radius 1 is 1.26 bits per heavy atom. The first-order valence-corrected chi connectivity index (χ1v) is 9.19. The number of benzene rings is 1. The molecule has 124 valence electrons. The molecule has 2 N–H and O–H groups in total. The molecule has 1 aromatic carbocycles. The summed E-state index contributed by atoms with van der Waals surface area (Å²) in [6, 6.07) is 5.47. The predicted molar refractivity (Wildman–Crippen MR) is 88.9 cm³/mol. The van der Waals surface area contributed by atoms with E-state index in [2.05, 4.69) is 20.2 Å². The molecular weight excluding hydrogens is 336 g/mol. The molecule has 0 saturated heterocycles. The van der Waals surface area contributed by atoms with Gasteiger partial charge in [-0.2, -0.15) is 0 Å². The Bertz CT molecular complexity index is 830. The maximum atomic E-state index is 12.4. The Morgan fingerprint density at radius 2 is 1.96 bits per heavy atom. The largest absolute Gasteiger partial charge is 0.301 e. The van der Waals surface area contributed by atoms with Crippen molar-refractivity contribution in [3.8, 4) is 0 Å². The molecule has 2 rings (SSSR count). The van der Waals surface area contributed by atoms with Gasteiger partial charge in [0.05, 0.1) is 0 Å². The van der Waals surface area contributed by atoms with Gasteiger partial charge in [0.2, 0.25) is 15.4 Å². The summed E-state index contributed by atoms with van der Waals surface area (Å²) < 4.78 is 27.2. The lowest BCUT2D eigenvalue weighted by Crippen LogP contribution is -2.27. The average Bonchev–Trinajstić information content (AvgIpc) is 2.89. The van der Waals surface area contributed by atoms with Crippen LogP contribution in [0.5, 0.6) is 0 Å². The zero-order chi connectivity index (χ0) is 17.2. The predicted octanol–water partition coefficient (Wildman–Crippen LogP) is 2.15. The van der Waals surface area contributed by atoms with E-state index in [1.807, 2.05) is 32.0 Å². The summed E-state index contributed by atoms with van der Waals surface area (Å²) in [4.78, 5) is 11.0. The number of hydrogen-bond acceptors (Lipinski definition) is 6. The van der Waals surface area contributed by atoms with Gasteiger partial charge in [-0.05, 0) is 31.9 Å². The van der Waals surface area contributed by atoms with E-state index in [-0.39, 0.29) is 15.4 Å². The maximum Gasteiger partial charge on any atom is 0.270 e. The molecule has 23 heavy (non-hydrogen) atoms. The van der Waals surface area contributed by atoms with Crippen LogP contribution in [-0.4, -0.2) is 24.5 Å². The van der Waals surface area contributed by atoms with Gasteiger partial charge < -0.3 is 5.32 Å². The van der Waals surface area contributed by atoms with E-state index >= 15 is 0 Å². The number of aromatic nitrogens is 2. The number of hydrogen-bond donors (Lipinski definition) is 2. The van der Waals surface area contributed by atoms with Gasteiger partial charge in [-0.1, -0.05) is 35.1 Å². The lowest BCUT2D eigenvalue weighted by Gasteiger charge is -2.16. The summed E-state index contributed by atoms with van der Waals surface area (Å²) >= 11 is 0.808. The molecule has 0 aliphatic heterocycles. The number of sulfonamides is 1. The van der Waals surface area contributed by atoms with Crippen molar-refractivity contribution in [2.75, 3.05) is 5.32 Å². The van der Waals surface area contributed by atoms with E-state index in [9.17, 15) is 13.2 Å². The molecular formula is C14H18N4O3S2. The minimum atomic E-state index is -3.81. The molecule has 0 spiro atoms. The molecule has 0 radical (unpaired) electrons. The quantitative estimate of drug-likeness (QED) is 0.801. The molecule has 0 saturated carbocycles. The zero-order valence-electron chi connectivity index (χ0n) is 13.2. The second kappa shape index (κ2) is 6.73. The normalized spacial score (nSPS) is 12.9. The van der Waals surface area contributed by atoms with Crippen LogP contribution in [0, 0.1) is 13.8 Å². The van der Waals surface area contributed by atoms with Crippen LogP contribution in [-0.2, 0) is 14.8 Å². The first-order valence-electron chi connectivity index (χ1n) is 6.89. The highest BCUT2D eigenvalue weighted by atomic mass is 32.2. The van der Waals surface area contributed by atoms with E-state index in [0.717, 1.165) is 28.0 Å². The minimum Gasteiger partial charge on any atom is -0.301 e. The number of aryl methyl sites for hydroxylation is 2. The molecule has 1 aromatic heterocycles. The second-order valence-corrected chi connectivity index (χ2v) is 8.12. The van der Waals surface area contributed by atoms with E-state index in [4.69, 9.17) is 0 Å². The van der Waals surface area contributed by atoms with Crippen LogP contribution in [0.1, 0.15) is 36.6 Å². The van der Waals surface area contributed by atoms with E-state index < -0.39 is 16.1 Å². The van der Waals surface area contributed by atoms with E-state index in [1.165, 1.54) is 6.92 Å². The van der Waals surface area contributed by atoms with Gasteiger partial charge >= 0.3 is 0 Å². The SMILES string of the molecule is CC(=O)Nc1nnc(S(=O)(=O)NC(C)c2cc(C)ccc2C)s1. The van der Waals surface area contributed by atoms with Gasteiger partial charge in [-0.3, -0.25) is 4.79 Å². The van der Waals surface area contributed by atoms with Crippen molar-refractivity contribution in [3.63, 3.8) is 0 Å². The van der Waals surface area contributed by atoms with Gasteiger partial charge in [0, 0.05) is 13.0 Å². The van der Waals surface area contributed by atoms with Crippen LogP contribution in [0.2, 0.25) is 0 Å². The highest BCUT2D eigenvalue weighted by Crippen LogP contribution is 2.24. The van der Waals surface area contributed by atoms with Crippen LogP contribution in [0.25, 0.3) is 0 Å². The monoisotopic (exact) mass is 354 g/mol. The summed E-state index contributed by atoms with van der Waals surface area (Å²) in [5.41, 5.74) is 2.96. The molecule has 0 aliphatic carbocycles. The zero-order valence-corrected chi connectivity index (χ0v) is 14.9. The molecule has 1 unspecified atom stereocenters. The van der Waals surface area contributed by atoms with Crippen molar-refractivity contribution in [2.24, 2.45) is 0 Å². The molecule has 7 nitrogen and oxygen atoms in total. The number of nitrogens with one attached hydrogen (secondary N) is 2. The van der Waals surface area contributed by atoms with Crippen LogP contribution in [0.15, 0.2) is 22.5 Å². The first-order chi connectivity index (χ1) is 10.7. The Hall–Kier alpha value is -1.84. The third kappa shape index (κ3) is 4.34. The van der Waals surface area contributed by atoms with Crippen LogP contribution in [0.3, 0.4) is 0 Å². The Kier molecular flexibility index (Phi) is 5.12. The topological polar surface area (TPSA) is 101 Å². The van der Waals surface area contributed by atoms with Crippen molar-refractivity contribution in [2.45, 2.75) is 38.1 Å². The highest BCUT2D eigenvalue weighted by Gasteiger charge is 2.24. The summed E-state index contributed by atoms with van der Waals surface area (Å²) in [7, 11) is -3.81. The molecule has 2 aromatic rings. The van der Waals surface area contributed by atoms with E-state index in [1.54, 1.807) is 6.92 Å². The van der Waals surface area contributed by atoms with Gasteiger partial charge in [-0.25, -0.2) is 13.1 Å². The molecule has 0 fully saturated rings. The smallest absolute Gasteiger partial charge is 0.270 e. The van der Waals surface area contributed by atoms with E-state index in [0.29, 0.717) is 0 Å². The Labute approximate surface area is 139 Å². The number of anilines is 1. The van der Waals surface area contributed by atoms with Crippen LogP contribution < -0.4 is 10.0 Å². The maximum absolute atomic E-state index is 12.4. The molecule has 9 heteroatoms. The van der Waals surface area contributed by atoms with Gasteiger partial charge in [0.25, 0.3) is 10.0 Å². The van der Waals surface area contributed by atoms with Crippen molar-refractivity contribution in [1.29, 1.82) is 0 Å². The number of carbonyl (C=O) groups is 1. The van der Waals surface area contributed by atoms with Crippen molar-refractivity contribution in [3.05, 3.63) is 34.9 Å². The molecule has 0 bridgehead atoms. The minimum absolute atomic E-state index is 0.150. The lowest BCUT2D eigenvalue weighted by molar-refractivity contribution is -0.114. The second-order valence-electron chi connectivity index (χ2n) is 5.26. The fraction of sp³-hybridized carbons (Fsp3) is 0.357. The Morgan fingerprint density at radius 3 is 2.61 bits per heavy atom. The molecule has 1 amide bonds. The lowest BCUT2D eigenvalue weighted by atomic mass is 10.0. The standard InChI is InChI=1S/C14H18N4O3S2/c1-8-5-6-9(2)12(7-8)10(3)18-23(20,21)14-17-16-13(22-14)15-11(4)19/h5-7,10,18H,1-4H3,(H,15,16,19). The average molecular weight is 354 g/mol. The third-order valence-electron chi connectivity index (χ3n) is 3.15. The van der Waals surface area contributed by atoms with Gasteiger partial charge in [0.1, 0.15) is 0 Å². The van der Waals surface area contributed by atoms with Crippen molar-refractivity contribution < 1.29 is 13.2 Å². The van der Waals surface area contributed by atoms with Gasteiger partial charge in [-0.15, -0.1) is 10.2 Å². The number of nitrogens with zero attached hydrogens (tertiary/aromatic N) is 2. The molecule has 1 atom stereocenters. The molecule has 0 aliphatic rings. The van der Waals surface area contributed by atoms with Crippen molar-refractivity contribution in [1.82, 2.24) is 14.9 Å². The Balaban J connectivity index is 2.22.